The zero-order valence-corrected chi connectivity index (χ0v) is 23.7. The summed E-state index contributed by atoms with van der Waals surface area (Å²) >= 11 is 0. The maximum atomic E-state index is 13.9. The highest BCUT2D eigenvalue weighted by Gasteiger charge is 2.14. The number of H-pyrrole nitrogens is 1. The highest BCUT2D eigenvalue weighted by Crippen LogP contribution is 2.30. The van der Waals surface area contributed by atoms with Crippen LogP contribution < -0.4 is 10.3 Å². The van der Waals surface area contributed by atoms with E-state index in [1.165, 1.54) is 0 Å². The number of nitrogens with one attached hydrogen (secondary N) is 1. The molecule has 0 bridgehead atoms. The number of fused-ring (bicyclic) bond motifs is 1. The monoisotopic (exact) mass is 556 g/mol. The van der Waals surface area contributed by atoms with Crippen molar-refractivity contribution in [3.63, 3.8) is 0 Å². The molecule has 210 valence electrons. The Kier molecular flexibility index (Phi) is 7.85. The standard InChI is InChI=1S/C34H32N6O2/c1-3-4-12-32-35-31-18-15-25(22-42-27-9-7-8-23(2)19-27)20-30(31)34(41)40(32)21-24-13-16-26(17-14-24)28-10-5-6-11-29(28)33-36-38-39-37-33/h5-11,13-20H,3-4,12,21-22H2,1-2H3,(H,36,37,38,39). The molecule has 42 heavy (non-hydrogen) atoms. The summed E-state index contributed by atoms with van der Waals surface area (Å²) in [6.45, 7) is 5.01. The van der Waals surface area contributed by atoms with Crippen molar-refractivity contribution in [3.8, 4) is 28.3 Å². The molecular formula is C34H32N6O2. The summed E-state index contributed by atoms with van der Waals surface area (Å²) in [7, 11) is 0. The van der Waals surface area contributed by atoms with Gasteiger partial charge in [-0.05, 0) is 70.6 Å². The van der Waals surface area contributed by atoms with Gasteiger partial charge in [-0.25, -0.2) is 4.98 Å². The highest BCUT2D eigenvalue weighted by molar-refractivity contribution is 5.80. The number of hydrogen-bond acceptors (Lipinski definition) is 6. The lowest BCUT2D eigenvalue weighted by atomic mass is 9.98. The number of rotatable bonds is 10. The first-order chi connectivity index (χ1) is 20.6. The summed E-state index contributed by atoms with van der Waals surface area (Å²) in [6, 6.07) is 30.0. The molecule has 0 unspecified atom stereocenters. The first-order valence-corrected chi connectivity index (χ1v) is 14.2. The first kappa shape index (κ1) is 27.1. The molecule has 0 aliphatic rings. The van der Waals surface area contributed by atoms with Crippen molar-refractivity contribution in [3.05, 3.63) is 124 Å². The molecule has 2 heterocycles. The van der Waals surface area contributed by atoms with Crippen molar-refractivity contribution in [2.24, 2.45) is 0 Å². The van der Waals surface area contributed by atoms with Crippen LogP contribution in [0.2, 0.25) is 0 Å². The molecule has 0 fully saturated rings. The molecule has 0 radical (unpaired) electrons. The Morgan fingerprint density at radius 2 is 1.69 bits per heavy atom. The first-order valence-electron chi connectivity index (χ1n) is 14.2. The van der Waals surface area contributed by atoms with Crippen molar-refractivity contribution < 1.29 is 4.74 Å². The average molecular weight is 557 g/mol. The Hall–Kier alpha value is -5.11. The van der Waals surface area contributed by atoms with Crippen LogP contribution in [0.3, 0.4) is 0 Å². The van der Waals surface area contributed by atoms with Gasteiger partial charge in [0.1, 0.15) is 18.2 Å². The van der Waals surface area contributed by atoms with Gasteiger partial charge in [0.2, 0.25) is 5.82 Å². The van der Waals surface area contributed by atoms with E-state index in [-0.39, 0.29) is 5.56 Å². The summed E-state index contributed by atoms with van der Waals surface area (Å²) in [5.41, 5.74) is 6.73. The summed E-state index contributed by atoms with van der Waals surface area (Å²) < 4.78 is 7.83. The van der Waals surface area contributed by atoms with E-state index in [9.17, 15) is 4.79 Å². The van der Waals surface area contributed by atoms with Gasteiger partial charge in [-0.3, -0.25) is 9.36 Å². The fourth-order valence-corrected chi connectivity index (χ4v) is 5.14. The third-order valence-corrected chi connectivity index (χ3v) is 7.37. The van der Waals surface area contributed by atoms with Crippen LogP contribution in [0.25, 0.3) is 33.4 Å². The number of benzene rings is 4. The van der Waals surface area contributed by atoms with Gasteiger partial charge in [-0.1, -0.05) is 80.1 Å². The summed E-state index contributed by atoms with van der Waals surface area (Å²) in [5, 5.41) is 15.1. The topological polar surface area (TPSA) is 98.6 Å². The van der Waals surface area contributed by atoms with Crippen LogP contribution in [0.5, 0.6) is 5.75 Å². The van der Waals surface area contributed by atoms with Gasteiger partial charge in [0.25, 0.3) is 5.56 Å². The number of nitrogens with zero attached hydrogens (tertiary/aromatic N) is 5. The Balaban J connectivity index is 1.30. The second kappa shape index (κ2) is 12.2. The summed E-state index contributed by atoms with van der Waals surface area (Å²) in [5.74, 6) is 2.17. The Bertz CT molecular complexity index is 1880. The lowest BCUT2D eigenvalue weighted by Crippen LogP contribution is -2.26. The third-order valence-electron chi connectivity index (χ3n) is 7.37. The van der Waals surface area contributed by atoms with Crippen LogP contribution in [-0.4, -0.2) is 30.2 Å². The van der Waals surface area contributed by atoms with Crippen molar-refractivity contribution >= 4 is 10.9 Å². The van der Waals surface area contributed by atoms with Crippen LogP contribution in [0, 0.1) is 6.92 Å². The van der Waals surface area contributed by atoms with Crippen LogP contribution in [0.1, 0.15) is 42.3 Å². The average Bonchev–Trinajstić information content (AvgIpc) is 3.56. The summed E-state index contributed by atoms with van der Waals surface area (Å²) in [6.07, 6.45) is 2.74. The zero-order chi connectivity index (χ0) is 28.9. The summed E-state index contributed by atoms with van der Waals surface area (Å²) in [4.78, 5) is 18.9. The second-order valence-electron chi connectivity index (χ2n) is 10.5. The van der Waals surface area contributed by atoms with Crippen LogP contribution in [0.4, 0.5) is 0 Å². The van der Waals surface area contributed by atoms with E-state index in [0.29, 0.717) is 24.4 Å². The quantitative estimate of drug-likeness (QED) is 0.206. The zero-order valence-electron chi connectivity index (χ0n) is 23.7. The maximum Gasteiger partial charge on any atom is 0.261 e. The van der Waals surface area contributed by atoms with Crippen molar-refractivity contribution in [2.75, 3.05) is 0 Å². The van der Waals surface area contributed by atoms with Gasteiger partial charge in [-0.15, -0.1) is 10.2 Å². The molecule has 6 rings (SSSR count). The maximum absolute atomic E-state index is 13.9. The van der Waals surface area contributed by atoms with Crippen LogP contribution in [0.15, 0.2) is 95.8 Å². The van der Waals surface area contributed by atoms with Gasteiger partial charge in [0.05, 0.1) is 17.4 Å². The lowest BCUT2D eigenvalue weighted by molar-refractivity contribution is 0.306. The van der Waals surface area contributed by atoms with Gasteiger partial charge in [-0.2, -0.15) is 5.21 Å². The fraction of sp³-hybridized carbons (Fsp3) is 0.206. The SMILES string of the molecule is CCCCc1nc2ccc(COc3cccc(C)c3)cc2c(=O)n1Cc1ccc(-c2ccccc2-c2nn[nH]n2)cc1. The predicted molar refractivity (Wildman–Crippen MR) is 164 cm³/mol. The molecule has 2 aromatic heterocycles. The lowest BCUT2D eigenvalue weighted by Gasteiger charge is -2.15. The van der Waals surface area contributed by atoms with Crippen LogP contribution >= 0.6 is 0 Å². The third kappa shape index (κ3) is 5.83. The second-order valence-corrected chi connectivity index (χ2v) is 10.5. The minimum Gasteiger partial charge on any atom is -0.489 e. The molecule has 0 aliphatic heterocycles. The minimum atomic E-state index is -0.0324. The van der Waals surface area contributed by atoms with Gasteiger partial charge in [0.15, 0.2) is 0 Å². The molecule has 0 saturated heterocycles. The highest BCUT2D eigenvalue weighted by atomic mass is 16.5. The van der Waals surface area contributed by atoms with Crippen LogP contribution in [-0.2, 0) is 19.6 Å². The molecule has 0 saturated carbocycles. The van der Waals surface area contributed by atoms with E-state index in [2.05, 4.69) is 51.8 Å². The molecular weight excluding hydrogens is 524 g/mol. The minimum absolute atomic E-state index is 0.0324. The Morgan fingerprint density at radius 1 is 0.881 bits per heavy atom. The molecule has 1 N–H and O–H groups in total. The van der Waals surface area contributed by atoms with Gasteiger partial charge >= 0.3 is 0 Å². The molecule has 0 atom stereocenters. The number of tetrazole rings is 1. The molecule has 0 spiro atoms. The number of unbranched alkanes of at least 4 members (excludes halogenated alkanes) is 1. The molecule has 8 heteroatoms. The fourth-order valence-electron chi connectivity index (χ4n) is 5.14. The van der Waals surface area contributed by atoms with E-state index in [1.54, 1.807) is 0 Å². The number of aromatic nitrogens is 6. The largest absolute Gasteiger partial charge is 0.489 e. The molecule has 0 amide bonds. The van der Waals surface area contributed by atoms with Crippen molar-refractivity contribution in [2.45, 2.75) is 46.3 Å². The molecule has 0 aliphatic carbocycles. The van der Waals surface area contributed by atoms with E-state index < -0.39 is 0 Å². The van der Waals surface area contributed by atoms with Crippen molar-refractivity contribution in [1.82, 2.24) is 30.2 Å². The molecule has 4 aromatic carbocycles. The van der Waals surface area contributed by atoms with E-state index in [4.69, 9.17) is 9.72 Å². The number of aryl methyl sites for hydroxylation is 2. The van der Waals surface area contributed by atoms with Crippen molar-refractivity contribution in [1.29, 1.82) is 0 Å². The van der Waals surface area contributed by atoms with E-state index in [0.717, 1.165) is 69.7 Å². The smallest absolute Gasteiger partial charge is 0.261 e. The predicted octanol–water partition coefficient (Wildman–Crippen LogP) is 6.52. The number of aromatic amines is 1. The molecule has 8 nitrogen and oxygen atoms in total. The Morgan fingerprint density at radius 3 is 2.45 bits per heavy atom. The number of ether oxygens (including phenoxy) is 1. The normalized spacial score (nSPS) is 11.2. The number of hydrogen-bond donors (Lipinski definition) is 1. The van der Waals surface area contributed by atoms with E-state index >= 15 is 0 Å². The Labute approximate surface area is 244 Å². The molecule has 6 aromatic rings. The van der Waals surface area contributed by atoms with E-state index in [1.807, 2.05) is 78.2 Å². The van der Waals surface area contributed by atoms with Gasteiger partial charge in [0, 0.05) is 12.0 Å². The van der Waals surface area contributed by atoms with Gasteiger partial charge < -0.3 is 4.74 Å².